The SMILES string of the molecule is CC1(O)CN2C[C@H](F)C[C@]2(CO[Si](c2ccccc2)(c2ccccc2)C(C)(C)C)C1. The van der Waals surface area contributed by atoms with Crippen LogP contribution in [-0.4, -0.2) is 55.3 Å². The first-order valence-electron chi connectivity index (χ1n) is 10.9. The number of hydrogen-bond donors (Lipinski definition) is 1. The topological polar surface area (TPSA) is 32.7 Å². The summed E-state index contributed by atoms with van der Waals surface area (Å²) in [5.74, 6) is 0. The molecule has 2 aromatic rings. The molecular formula is C25H34FNO2Si. The van der Waals surface area contributed by atoms with Crippen molar-refractivity contribution in [3.8, 4) is 0 Å². The van der Waals surface area contributed by atoms with Crippen LogP contribution in [0.4, 0.5) is 4.39 Å². The lowest BCUT2D eigenvalue weighted by molar-refractivity contribution is 0.0608. The van der Waals surface area contributed by atoms with Crippen molar-refractivity contribution in [2.24, 2.45) is 0 Å². The van der Waals surface area contributed by atoms with E-state index < -0.39 is 25.6 Å². The molecule has 2 aliphatic heterocycles. The molecule has 0 spiro atoms. The van der Waals surface area contributed by atoms with Crippen molar-refractivity contribution in [3.05, 3.63) is 60.7 Å². The van der Waals surface area contributed by atoms with Crippen LogP contribution >= 0.6 is 0 Å². The number of fused-ring (bicyclic) bond motifs is 1. The Morgan fingerprint density at radius 2 is 1.60 bits per heavy atom. The monoisotopic (exact) mass is 427 g/mol. The largest absolute Gasteiger partial charge is 0.406 e. The number of nitrogens with zero attached hydrogens (tertiary/aromatic N) is 1. The minimum atomic E-state index is -2.68. The Balaban J connectivity index is 1.78. The fraction of sp³-hybridized carbons (Fsp3) is 0.520. The highest BCUT2D eigenvalue weighted by Crippen LogP contribution is 2.46. The lowest BCUT2D eigenvalue weighted by Crippen LogP contribution is -2.68. The summed E-state index contributed by atoms with van der Waals surface area (Å²) in [6.45, 7) is 9.97. The van der Waals surface area contributed by atoms with E-state index in [4.69, 9.17) is 4.43 Å². The third kappa shape index (κ3) is 3.66. The lowest BCUT2D eigenvalue weighted by atomic mass is 9.89. The molecule has 5 heteroatoms. The van der Waals surface area contributed by atoms with Gasteiger partial charge in [0.25, 0.3) is 8.32 Å². The number of halogens is 1. The van der Waals surface area contributed by atoms with E-state index in [1.54, 1.807) is 0 Å². The summed E-state index contributed by atoms with van der Waals surface area (Å²) in [6, 6.07) is 21.1. The molecule has 2 heterocycles. The van der Waals surface area contributed by atoms with E-state index >= 15 is 0 Å². The van der Waals surface area contributed by atoms with E-state index in [9.17, 15) is 9.50 Å². The van der Waals surface area contributed by atoms with Crippen molar-refractivity contribution in [2.75, 3.05) is 19.7 Å². The minimum Gasteiger partial charge on any atom is -0.406 e. The molecule has 2 aliphatic rings. The van der Waals surface area contributed by atoms with Crippen molar-refractivity contribution >= 4 is 18.7 Å². The van der Waals surface area contributed by atoms with Crippen LogP contribution in [0.5, 0.6) is 0 Å². The van der Waals surface area contributed by atoms with Gasteiger partial charge in [0.1, 0.15) is 6.17 Å². The molecule has 4 rings (SSSR count). The summed E-state index contributed by atoms with van der Waals surface area (Å²) < 4.78 is 21.6. The molecule has 2 fully saturated rings. The molecule has 0 amide bonds. The maximum absolute atomic E-state index is 14.5. The molecule has 1 N–H and O–H groups in total. The maximum atomic E-state index is 14.5. The van der Waals surface area contributed by atoms with Crippen molar-refractivity contribution < 1.29 is 13.9 Å². The number of alkyl halides is 1. The molecule has 0 radical (unpaired) electrons. The second-order valence-corrected chi connectivity index (χ2v) is 14.8. The second-order valence-electron chi connectivity index (χ2n) is 10.5. The van der Waals surface area contributed by atoms with Crippen molar-refractivity contribution in [1.82, 2.24) is 4.90 Å². The van der Waals surface area contributed by atoms with Gasteiger partial charge < -0.3 is 9.53 Å². The molecule has 0 bridgehead atoms. The van der Waals surface area contributed by atoms with Crippen LogP contribution in [0.3, 0.4) is 0 Å². The third-order valence-corrected chi connectivity index (χ3v) is 11.9. The van der Waals surface area contributed by atoms with Crippen LogP contribution in [-0.2, 0) is 4.43 Å². The Morgan fingerprint density at radius 3 is 2.10 bits per heavy atom. The summed E-state index contributed by atoms with van der Waals surface area (Å²) in [7, 11) is -2.68. The number of benzene rings is 2. The van der Waals surface area contributed by atoms with Crippen molar-refractivity contribution in [2.45, 2.75) is 62.9 Å². The highest BCUT2D eigenvalue weighted by molar-refractivity contribution is 6.99. The van der Waals surface area contributed by atoms with Gasteiger partial charge in [0, 0.05) is 25.0 Å². The van der Waals surface area contributed by atoms with Gasteiger partial charge in [-0.3, -0.25) is 4.90 Å². The molecule has 0 aromatic heterocycles. The van der Waals surface area contributed by atoms with Gasteiger partial charge in [-0.15, -0.1) is 0 Å². The lowest BCUT2D eigenvalue weighted by Gasteiger charge is -2.45. The smallest absolute Gasteiger partial charge is 0.261 e. The molecular weight excluding hydrogens is 393 g/mol. The van der Waals surface area contributed by atoms with Crippen LogP contribution in [0.1, 0.15) is 40.5 Å². The maximum Gasteiger partial charge on any atom is 0.261 e. The average Bonchev–Trinajstić information content (AvgIpc) is 3.09. The average molecular weight is 428 g/mol. The number of aliphatic hydroxyl groups is 1. The van der Waals surface area contributed by atoms with Gasteiger partial charge in [-0.25, -0.2) is 4.39 Å². The fourth-order valence-electron chi connectivity index (χ4n) is 5.84. The van der Waals surface area contributed by atoms with Gasteiger partial charge in [0.2, 0.25) is 0 Å². The predicted molar refractivity (Wildman–Crippen MR) is 123 cm³/mol. The van der Waals surface area contributed by atoms with E-state index in [0.717, 1.165) is 0 Å². The summed E-state index contributed by atoms with van der Waals surface area (Å²) in [5, 5.41) is 13.1. The van der Waals surface area contributed by atoms with Crippen LogP contribution in [0.25, 0.3) is 0 Å². The molecule has 30 heavy (non-hydrogen) atoms. The van der Waals surface area contributed by atoms with E-state index in [2.05, 4.69) is 74.2 Å². The molecule has 2 saturated heterocycles. The highest BCUT2D eigenvalue weighted by atomic mass is 28.4. The highest BCUT2D eigenvalue weighted by Gasteiger charge is 2.58. The van der Waals surface area contributed by atoms with Crippen LogP contribution in [0.2, 0.25) is 5.04 Å². The summed E-state index contributed by atoms with van der Waals surface area (Å²) in [4.78, 5) is 2.13. The molecule has 0 aliphatic carbocycles. The Labute approximate surface area is 181 Å². The molecule has 2 aromatic carbocycles. The number of rotatable bonds is 5. The predicted octanol–water partition coefficient (Wildman–Crippen LogP) is 3.50. The first-order chi connectivity index (χ1) is 14.1. The standard InChI is InChI=1S/C25H34FNO2Si/c1-23(2,3)30(21-11-7-5-8-12-21,22-13-9-6-10-14-22)29-19-25-15-20(26)16-27(25)18-24(4,28)17-25/h5-14,20,28H,15-19H2,1-4H3/t20-,24?,25-/m1/s1. The van der Waals surface area contributed by atoms with Crippen molar-refractivity contribution in [1.29, 1.82) is 0 Å². The Hall–Kier alpha value is -1.53. The van der Waals surface area contributed by atoms with Gasteiger partial charge in [0.15, 0.2) is 0 Å². The summed E-state index contributed by atoms with van der Waals surface area (Å²) in [6.07, 6.45) is 0.129. The van der Waals surface area contributed by atoms with E-state index in [1.165, 1.54) is 10.4 Å². The van der Waals surface area contributed by atoms with E-state index in [-0.39, 0.29) is 5.04 Å². The zero-order valence-corrected chi connectivity index (χ0v) is 19.6. The normalized spacial score (nSPS) is 29.9. The van der Waals surface area contributed by atoms with Crippen molar-refractivity contribution in [3.63, 3.8) is 0 Å². The number of hydrogen-bond acceptors (Lipinski definition) is 3. The molecule has 0 saturated carbocycles. The summed E-state index contributed by atoms with van der Waals surface area (Å²) >= 11 is 0. The van der Waals surface area contributed by atoms with E-state index in [0.29, 0.717) is 32.5 Å². The molecule has 162 valence electrons. The summed E-state index contributed by atoms with van der Waals surface area (Å²) in [5.41, 5.74) is -1.23. The third-order valence-electron chi connectivity index (χ3n) is 6.91. The Kier molecular flexibility index (Phi) is 5.46. The second kappa shape index (κ2) is 7.55. The fourth-order valence-corrected chi connectivity index (χ4v) is 10.5. The van der Waals surface area contributed by atoms with E-state index in [1.807, 2.05) is 19.1 Å². The van der Waals surface area contributed by atoms with Gasteiger partial charge in [-0.1, -0.05) is 81.4 Å². The minimum absolute atomic E-state index is 0.119. The first kappa shape index (κ1) is 21.7. The van der Waals surface area contributed by atoms with Gasteiger partial charge in [-0.2, -0.15) is 0 Å². The Morgan fingerprint density at radius 1 is 1.07 bits per heavy atom. The molecule has 3 nitrogen and oxygen atoms in total. The van der Waals surface area contributed by atoms with Crippen LogP contribution < -0.4 is 10.4 Å². The zero-order chi connectivity index (χ0) is 21.6. The van der Waals surface area contributed by atoms with Gasteiger partial charge >= 0.3 is 0 Å². The molecule has 3 atom stereocenters. The van der Waals surface area contributed by atoms with Crippen LogP contribution in [0, 0.1) is 0 Å². The number of β-amino-alcohol motifs (C(OH)–C–C–N with tert-alkyl or cyclic N) is 1. The quantitative estimate of drug-likeness (QED) is 0.742. The van der Waals surface area contributed by atoms with Gasteiger partial charge in [-0.05, 0) is 28.8 Å². The van der Waals surface area contributed by atoms with Crippen LogP contribution in [0.15, 0.2) is 60.7 Å². The zero-order valence-electron chi connectivity index (χ0n) is 18.6. The first-order valence-corrected chi connectivity index (χ1v) is 12.9. The Bertz CT molecular complexity index is 828. The van der Waals surface area contributed by atoms with Gasteiger partial charge in [0.05, 0.1) is 12.2 Å². The molecule has 1 unspecified atom stereocenters.